The number of aryl methyl sites for hydroxylation is 1. The van der Waals surface area contributed by atoms with Crippen molar-refractivity contribution in [1.29, 1.82) is 0 Å². The number of nitrogens with zero attached hydrogens (tertiary/aromatic N) is 3. The van der Waals surface area contributed by atoms with E-state index in [2.05, 4.69) is 20.7 Å². The summed E-state index contributed by atoms with van der Waals surface area (Å²) < 4.78 is 7.08. The zero-order valence-electron chi connectivity index (χ0n) is 16.7. The van der Waals surface area contributed by atoms with Gasteiger partial charge in [-0.3, -0.25) is 19.3 Å². The predicted molar refractivity (Wildman–Crippen MR) is 112 cm³/mol. The second kappa shape index (κ2) is 8.77. The molecule has 8 heteroatoms. The first-order chi connectivity index (χ1) is 14.6. The molecule has 1 aliphatic rings. The second-order valence-corrected chi connectivity index (χ2v) is 7.22. The zero-order valence-corrected chi connectivity index (χ0v) is 16.7. The van der Waals surface area contributed by atoms with Crippen LogP contribution in [0.1, 0.15) is 32.8 Å². The van der Waals surface area contributed by atoms with E-state index in [1.165, 1.54) is 0 Å². The first-order valence-corrected chi connectivity index (χ1v) is 9.82. The van der Waals surface area contributed by atoms with E-state index in [4.69, 9.17) is 4.74 Å². The van der Waals surface area contributed by atoms with E-state index in [9.17, 15) is 9.59 Å². The molecule has 2 aromatic heterocycles. The summed E-state index contributed by atoms with van der Waals surface area (Å²) >= 11 is 0. The summed E-state index contributed by atoms with van der Waals surface area (Å²) in [6.45, 7) is 1.26. The molecule has 0 radical (unpaired) electrons. The van der Waals surface area contributed by atoms with Gasteiger partial charge in [-0.25, -0.2) is 0 Å². The molecule has 0 bridgehead atoms. The third-order valence-corrected chi connectivity index (χ3v) is 5.23. The SMILES string of the molecule is COc1cccc(NC(=O)c2cnn3c2CC(CNC(=O)c2cccnc2)CC3)c1. The maximum absolute atomic E-state index is 12.8. The van der Waals surface area contributed by atoms with Gasteiger partial charge in [0.1, 0.15) is 5.75 Å². The number of carbonyl (C=O) groups excluding carboxylic acids is 2. The van der Waals surface area contributed by atoms with Gasteiger partial charge in [0.2, 0.25) is 0 Å². The number of methoxy groups -OCH3 is 1. The molecular formula is C22H23N5O3. The lowest BCUT2D eigenvalue weighted by molar-refractivity contribution is 0.0942. The standard InChI is InChI=1S/C22H23N5O3/c1-30-18-6-2-5-17(11-18)26-22(29)19-14-25-27-9-7-15(10-20(19)27)12-24-21(28)16-4-3-8-23-13-16/h2-6,8,11,13-15H,7,9-10,12H2,1H3,(H,24,28)(H,26,29). The van der Waals surface area contributed by atoms with Crippen LogP contribution in [0.25, 0.3) is 0 Å². The van der Waals surface area contributed by atoms with Gasteiger partial charge in [0.25, 0.3) is 11.8 Å². The summed E-state index contributed by atoms with van der Waals surface area (Å²) in [5.74, 6) is 0.565. The van der Waals surface area contributed by atoms with Crippen LogP contribution in [0.15, 0.2) is 55.0 Å². The molecule has 0 saturated heterocycles. The molecular weight excluding hydrogens is 382 g/mol. The first-order valence-electron chi connectivity index (χ1n) is 9.82. The molecule has 2 amide bonds. The van der Waals surface area contributed by atoms with Crippen LogP contribution in [0.4, 0.5) is 5.69 Å². The van der Waals surface area contributed by atoms with Gasteiger partial charge in [-0.05, 0) is 43.0 Å². The van der Waals surface area contributed by atoms with Crippen molar-refractivity contribution < 1.29 is 14.3 Å². The molecule has 8 nitrogen and oxygen atoms in total. The van der Waals surface area contributed by atoms with E-state index < -0.39 is 0 Å². The van der Waals surface area contributed by atoms with Crippen molar-refractivity contribution in [3.63, 3.8) is 0 Å². The summed E-state index contributed by atoms with van der Waals surface area (Å²) in [6, 6.07) is 10.7. The molecule has 1 aromatic carbocycles. The minimum atomic E-state index is -0.204. The van der Waals surface area contributed by atoms with Gasteiger partial charge >= 0.3 is 0 Å². The fraction of sp³-hybridized carbons (Fsp3) is 0.273. The van der Waals surface area contributed by atoms with Crippen molar-refractivity contribution in [2.24, 2.45) is 5.92 Å². The number of aromatic nitrogens is 3. The maximum atomic E-state index is 12.8. The van der Waals surface area contributed by atoms with E-state index in [1.807, 2.05) is 22.9 Å². The number of amides is 2. The largest absolute Gasteiger partial charge is 0.497 e. The number of ether oxygens (including phenoxy) is 1. The highest BCUT2D eigenvalue weighted by Crippen LogP contribution is 2.24. The Morgan fingerprint density at radius 1 is 1.20 bits per heavy atom. The van der Waals surface area contributed by atoms with Gasteiger partial charge in [0, 0.05) is 37.2 Å². The van der Waals surface area contributed by atoms with Crippen molar-refractivity contribution in [2.75, 3.05) is 19.0 Å². The van der Waals surface area contributed by atoms with E-state index in [0.29, 0.717) is 35.5 Å². The molecule has 0 aliphatic carbocycles. The Hall–Kier alpha value is -3.68. The summed E-state index contributed by atoms with van der Waals surface area (Å²) in [5, 5.41) is 10.2. The minimum absolute atomic E-state index is 0.141. The molecule has 0 spiro atoms. The maximum Gasteiger partial charge on any atom is 0.259 e. The summed E-state index contributed by atoms with van der Waals surface area (Å²) in [7, 11) is 1.59. The van der Waals surface area contributed by atoms with Crippen LogP contribution >= 0.6 is 0 Å². The third-order valence-electron chi connectivity index (χ3n) is 5.23. The summed E-state index contributed by atoms with van der Waals surface area (Å²) in [4.78, 5) is 29.1. The van der Waals surface area contributed by atoms with E-state index >= 15 is 0 Å². The average Bonchev–Trinajstić information content (AvgIpc) is 3.21. The topological polar surface area (TPSA) is 98.1 Å². The van der Waals surface area contributed by atoms with Crippen LogP contribution in [0.2, 0.25) is 0 Å². The lowest BCUT2D eigenvalue weighted by Crippen LogP contribution is -2.33. The fourth-order valence-electron chi connectivity index (χ4n) is 3.60. The van der Waals surface area contributed by atoms with Crippen LogP contribution in [0, 0.1) is 5.92 Å². The van der Waals surface area contributed by atoms with Crippen molar-refractivity contribution >= 4 is 17.5 Å². The summed E-state index contributed by atoms with van der Waals surface area (Å²) in [5.41, 5.74) is 2.65. The molecule has 1 atom stereocenters. The average molecular weight is 405 g/mol. The van der Waals surface area contributed by atoms with Gasteiger partial charge in [-0.2, -0.15) is 5.10 Å². The van der Waals surface area contributed by atoms with E-state index in [1.54, 1.807) is 43.9 Å². The van der Waals surface area contributed by atoms with Crippen LogP contribution in [-0.4, -0.2) is 40.2 Å². The molecule has 0 fully saturated rings. The number of carbonyl (C=O) groups is 2. The van der Waals surface area contributed by atoms with Gasteiger partial charge in [-0.15, -0.1) is 0 Å². The molecule has 0 saturated carbocycles. The molecule has 3 heterocycles. The highest BCUT2D eigenvalue weighted by molar-refractivity contribution is 6.05. The Morgan fingerprint density at radius 3 is 2.90 bits per heavy atom. The minimum Gasteiger partial charge on any atom is -0.497 e. The highest BCUT2D eigenvalue weighted by Gasteiger charge is 2.25. The molecule has 30 heavy (non-hydrogen) atoms. The highest BCUT2D eigenvalue weighted by atomic mass is 16.5. The van der Waals surface area contributed by atoms with Crippen molar-refractivity contribution in [3.8, 4) is 5.75 Å². The van der Waals surface area contributed by atoms with Gasteiger partial charge in [0.05, 0.1) is 30.1 Å². The monoisotopic (exact) mass is 405 g/mol. The predicted octanol–water partition coefficient (Wildman–Crippen LogP) is 2.53. The van der Waals surface area contributed by atoms with Crippen molar-refractivity contribution in [2.45, 2.75) is 19.4 Å². The number of hydrogen-bond acceptors (Lipinski definition) is 5. The van der Waals surface area contributed by atoms with E-state index in [0.717, 1.165) is 18.7 Å². The lowest BCUT2D eigenvalue weighted by atomic mass is 9.94. The molecule has 154 valence electrons. The smallest absolute Gasteiger partial charge is 0.259 e. The Kier molecular flexibility index (Phi) is 5.74. The summed E-state index contributed by atoms with van der Waals surface area (Å²) in [6.07, 6.45) is 6.36. The zero-order chi connectivity index (χ0) is 20.9. The van der Waals surface area contributed by atoms with Gasteiger partial charge in [-0.1, -0.05) is 6.07 Å². The number of nitrogens with one attached hydrogen (secondary N) is 2. The second-order valence-electron chi connectivity index (χ2n) is 7.22. The van der Waals surface area contributed by atoms with Gasteiger partial charge < -0.3 is 15.4 Å². The van der Waals surface area contributed by atoms with Gasteiger partial charge in [0.15, 0.2) is 0 Å². The number of anilines is 1. The molecule has 4 rings (SSSR count). The number of fused-ring (bicyclic) bond motifs is 1. The lowest BCUT2D eigenvalue weighted by Gasteiger charge is -2.24. The first kappa shape index (κ1) is 19.6. The Labute approximate surface area is 174 Å². The molecule has 1 aliphatic heterocycles. The molecule has 2 N–H and O–H groups in total. The van der Waals surface area contributed by atoms with Crippen molar-refractivity contribution in [3.05, 3.63) is 71.8 Å². The van der Waals surface area contributed by atoms with Crippen LogP contribution in [0.5, 0.6) is 5.75 Å². The number of rotatable bonds is 6. The quantitative estimate of drug-likeness (QED) is 0.657. The Morgan fingerprint density at radius 2 is 2.10 bits per heavy atom. The Balaban J connectivity index is 1.40. The molecule has 1 unspecified atom stereocenters. The van der Waals surface area contributed by atoms with Crippen molar-refractivity contribution in [1.82, 2.24) is 20.1 Å². The number of pyridine rings is 1. The van der Waals surface area contributed by atoms with Crippen LogP contribution in [0.3, 0.4) is 0 Å². The van der Waals surface area contributed by atoms with Crippen LogP contribution < -0.4 is 15.4 Å². The van der Waals surface area contributed by atoms with Crippen LogP contribution in [-0.2, 0) is 13.0 Å². The Bertz CT molecular complexity index is 1050. The normalized spacial score (nSPS) is 15.2. The third kappa shape index (κ3) is 4.32. The fourth-order valence-corrected chi connectivity index (χ4v) is 3.60. The number of hydrogen-bond donors (Lipinski definition) is 2. The van der Waals surface area contributed by atoms with E-state index in [-0.39, 0.29) is 17.7 Å². The molecule has 3 aromatic rings. The number of benzene rings is 1.